The molecule has 0 unspecified atom stereocenters. The Morgan fingerprint density at radius 2 is 1.70 bits per heavy atom. The molecule has 2 fully saturated rings. The van der Waals surface area contributed by atoms with Crippen LogP contribution in [0.2, 0.25) is 0 Å². The van der Waals surface area contributed by atoms with Gasteiger partial charge in [-0.05, 0) is 50.7 Å². The summed E-state index contributed by atoms with van der Waals surface area (Å²) in [5.41, 5.74) is 3.13. The van der Waals surface area contributed by atoms with Crippen LogP contribution < -0.4 is 20.4 Å². The molecule has 2 aliphatic rings. The zero-order valence-electron chi connectivity index (χ0n) is 19.1. The minimum Gasteiger partial charge on any atom is -0.348 e. The molecular formula is C24H40N4O2+2. The fourth-order valence-electron chi connectivity index (χ4n) is 4.98. The summed E-state index contributed by atoms with van der Waals surface area (Å²) in [6.07, 6.45) is 4.85. The van der Waals surface area contributed by atoms with Crippen molar-refractivity contribution in [2.75, 3.05) is 38.0 Å². The lowest BCUT2D eigenvalue weighted by Crippen LogP contribution is -3.30. The van der Waals surface area contributed by atoms with Gasteiger partial charge in [0, 0.05) is 11.7 Å². The number of benzene rings is 1. The summed E-state index contributed by atoms with van der Waals surface area (Å²) >= 11 is 0. The highest BCUT2D eigenvalue weighted by molar-refractivity contribution is 5.93. The summed E-state index contributed by atoms with van der Waals surface area (Å²) in [6, 6.07) is 6.38. The zero-order valence-corrected chi connectivity index (χ0v) is 19.1. The first kappa shape index (κ1) is 22.8. The van der Waals surface area contributed by atoms with Crippen molar-refractivity contribution in [2.45, 2.75) is 65.5 Å². The molecule has 3 atom stereocenters. The molecule has 6 heteroatoms. The maximum absolute atomic E-state index is 12.8. The summed E-state index contributed by atoms with van der Waals surface area (Å²) in [4.78, 5) is 28.0. The molecule has 1 aromatic carbocycles. The molecule has 166 valence electrons. The number of piperazine rings is 1. The van der Waals surface area contributed by atoms with Gasteiger partial charge in [-0.3, -0.25) is 9.59 Å². The summed E-state index contributed by atoms with van der Waals surface area (Å²) in [7, 11) is 0. The average Bonchev–Trinajstić information content (AvgIpc) is 2.72. The van der Waals surface area contributed by atoms with Crippen molar-refractivity contribution in [2.24, 2.45) is 5.92 Å². The predicted octanol–water partition coefficient (Wildman–Crippen LogP) is 0.109. The summed E-state index contributed by atoms with van der Waals surface area (Å²) in [6.45, 7) is 12.6. The first-order valence-corrected chi connectivity index (χ1v) is 11.7. The largest absolute Gasteiger partial charge is 0.348 e. The molecule has 2 amide bonds. The molecule has 1 aliphatic heterocycles. The van der Waals surface area contributed by atoms with Crippen molar-refractivity contribution in [3.63, 3.8) is 0 Å². The highest BCUT2D eigenvalue weighted by Crippen LogP contribution is 2.23. The van der Waals surface area contributed by atoms with Crippen LogP contribution in [0, 0.1) is 19.8 Å². The highest BCUT2D eigenvalue weighted by Gasteiger charge is 2.33. The molecule has 4 N–H and O–H groups in total. The monoisotopic (exact) mass is 416 g/mol. The quantitative estimate of drug-likeness (QED) is 0.532. The highest BCUT2D eigenvalue weighted by atomic mass is 16.2. The predicted molar refractivity (Wildman–Crippen MR) is 120 cm³/mol. The third-order valence-corrected chi connectivity index (χ3v) is 7.20. The average molecular weight is 417 g/mol. The van der Waals surface area contributed by atoms with Gasteiger partial charge in [0.2, 0.25) is 0 Å². The summed E-state index contributed by atoms with van der Waals surface area (Å²) in [5, 5.41) is 6.41. The number of amides is 2. The molecule has 1 heterocycles. The van der Waals surface area contributed by atoms with Crippen LogP contribution in [0.25, 0.3) is 0 Å². The number of aryl methyl sites for hydroxylation is 2. The van der Waals surface area contributed by atoms with Crippen LogP contribution in [-0.2, 0) is 9.59 Å². The second-order valence-corrected chi connectivity index (χ2v) is 9.50. The number of hydrogen-bond donors (Lipinski definition) is 4. The van der Waals surface area contributed by atoms with Crippen molar-refractivity contribution in [3.8, 4) is 0 Å². The molecular weight excluding hydrogens is 376 g/mol. The Morgan fingerprint density at radius 3 is 2.33 bits per heavy atom. The van der Waals surface area contributed by atoms with E-state index in [0.717, 1.165) is 49.4 Å². The number of rotatable bonds is 6. The van der Waals surface area contributed by atoms with E-state index in [9.17, 15) is 9.59 Å². The minimum atomic E-state index is -0.0240. The van der Waals surface area contributed by atoms with Gasteiger partial charge in [0.15, 0.2) is 12.6 Å². The van der Waals surface area contributed by atoms with E-state index < -0.39 is 0 Å². The van der Waals surface area contributed by atoms with Crippen molar-refractivity contribution in [3.05, 3.63) is 29.3 Å². The van der Waals surface area contributed by atoms with Gasteiger partial charge in [-0.25, -0.2) is 0 Å². The molecule has 1 aromatic rings. The lowest BCUT2D eigenvalue weighted by atomic mass is 9.86. The van der Waals surface area contributed by atoms with Crippen molar-refractivity contribution in [1.82, 2.24) is 5.32 Å². The molecule has 30 heavy (non-hydrogen) atoms. The molecule has 1 saturated heterocycles. The van der Waals surface area contributed by atoms with Crippen LogP contribution in [0.15, 0.2) is 18.2 Å². The zero-order chi connectivity index (χ0) is 21.7. The van der Waals surface area contributed by atoms with Crippen LogP contribution in [0.1, 0.15) is 50.7 Å². The van der Waals surface area contributed by atoms with Gasteiger partial charge in [-0.2, -0.15) is 0 Å². The Hall–Kier alpha value is -1.92. The van der Waals surface area contributed by atoms with E-state index in [0.29, 0.717) is 18.5 Å². The van der Waals surface area contributed by atoms with Gasteiger partial charge in [0.05, 0.1) is 0 Å². The van der Waals surface area contributed by atoms with Crippen molar-refractivity contribution in [1.29, 1.82) is 0 Å². The number of carbonyl (C=O) groups excluding carboxylic acids is 2. The Bertz CT molecular complexity index is 722. The molecule has 0 spiro atoms. The van der Waals surface area contributed by atoms with Gasteiger partial charge in [0.25, 0.3) is 11.8 Å². The maximum atomic E-state index is 12.8. The summed E-state index contributed by atoms with van der Waals surface area (Å²) in [5.74, 6) is 0.851. The fraction of sp³-hybridized carbons (Fsp3) is 0.667. The molecule has 0 radical (unpaired) electrons. The molecule has 1 saturated carbocycles. The van der Waals surface area contributed by atoms with Gasteiger partial charge >= 0.3 is 0 Å². The van der Waals surface area contributed by atoms with Crippen LogP contribution in [-0.4, -0.2) is 56.6 Å². The standard InChI is InChI=1S/C24H38N4O2/c1-17-8-5-6-11-21(17)25-24(30)20(4)28-14-12-27(13-15-28)16-22(29)26-23-18(2)9-7-10-19(23)3/h7,9-10,17,20-21H,5-6,8,11-16H2,1-4H3,(H,25,30)(H,26,29)/p+2/t17-,20+,21+/m0/s1. The van der Waals surface area contributed by atoms with E-state index in [-0.39, 0.29) is 17.9 Å². The van der Waals surface area contributed by atoms with E-state index in [1.807, 2.05) is 32.0 Å². The number of para-hydroxylation sites is 1. The van der Waals surface area contributed by atoms with Crippen LogP contribution >= 0.6 is 0 Å². The lowest BCUT2D eigenvalue weighted by Gasteiger charge is -2.34. The van der Waals surface area contributed by atoms with Gasteiger partial charge < -0.3 is 20.4 Å². The van der Waals surface area contributed by atoms with E-state index >= 15 is 0 Å². The molecule has 6 nitrogen and oxygen atoms in total. The van der Waals surface area contributed by atoms with Crippen LogP contribution in [0.3, 0.4) is 0 Å². The Labute approximate surface area is 181 Å². The molecule has 0 bridgehead atoms. The van der Waals surface area contributed by atoms with Crippen molar-refractivity contribution < 1.29 is 19.4 Å². The maximum Gasteiger partial charge on any atom is 0.279 e. The lowest BCUT2D eigenvalue weighted by molar-refractivity contribution is -1.01. The minimum absolute atomic E-state index is 0.0240. The SMILES string of the molecule is Cc1cccc(C)c1NC(=O)C[NH+]1CC[NH+]([C@H](C)C(=O)N[C@@H]2CCCC[C@@H]2C)CC1. The van der Waals surface area contributed by atoms with Gasteiger partial charge in [-0.1, -0.05) is 38.0 Å². The van der Waals surface area contributed by atoms with E-state index in [4.69, 9.17) is 0 Å². The topological polar surface area (TPSA) is 67.1 Å². The Morgan fingerprint density at radius 1 is 1.07 bits per heavy atom. The second kappa shape index (κ2) is 10.4. The van der Waals surface area contributed by atoms with Crippen LogP contribution in [0.4, 0.5) is 5.69 Å². The molecule has 1 aliphatic carbocycles. The van der Waals surface area contributed by atoms with E-state index in [1.165, 1.54) is 29.1 Å². The third-order valence-electron chi connectivity index (χ3n) is 7.20. The fourth-order valence-corrected chi connectivity index (χ4v) is 4.98. The van der Waals surface area contributed by atoms with Crippen molar-refractivity contribution >= 4 is 17.5 Å². The van der Waals surface area contributed by atoms with Gasteiger partial charge in [-0.15, -0.1) is 0 Å². The Kier molecular flexibility index (Phi) is 7.89. The number of hydrogen-bond acceptors (Lipinski definition) is 2. The first-order chi connectivity index (χ1) is 14.3. The van der Waals surface area contributed by atoms with Gasteiger partial charge in [0.1, 0.15) is 26.2 Å². The number of carbonyl (C=O) groups is 2. The van der Waals surface area contributed by atoms with E-state index in [2.05, 4.69) is 24.5 Å². The first-order valence-electron chi connectivity index (χ1n) is 11.7. The smallest absolute Gasteiger partial charge is 0.279 e. The van der Waals surface area contributed by atoms with E-state index in [1.54, 1.807) is 0 Å². The molecule has 0 aromatic heterocycles. The number of anilines is 1. The number of nitrogens with one attached hydrogen (secondary N) is 4. The molecule has 3 rings (SSSR count). The second-order valence-electron chi connectivity index (χ2n) is 9.50. The number of quaternary nitrogens is 2. The third kappa shape index (κ3) is 5.82. The summed E-state index contributed by atoms with van der Waals surface area (Å²) < 4.78 is 0. The van der Waals surface area contributed by atoms with Crippen LogP contribution in [0.5, 0.6) is 0 Å². The Balaban J connectivity index is 1.43. The normalized spacial score (nSPS) is 27.9.